The van der Waals surface area contributed by atoms with E-state index in [1.54, 1.807) is 17.1 Å². The summed E-state index contributed by atoms with van der Waals surface area (Å²) >= 11 is 0. The van der Waals surface area contributed by atoms with Gasteiger partial charge in [0.2, 0.25) is 12.7 Å². The molecule has 23 heavy (non-hydrogen) atoms. The summed E-state index contributed by atoms with van der Waals surface area (Å²) in [4.78, 5) is 14.9. The Bertz CT molecular complexity index is 633. The highest BCUT2D eigenvalue weighted by Crippen LogP contribution is 2.56. The Kier molecular flexibility index (Phi) is 4.13. The Morgan fingerprint density at radius 1 is 1.30 bits per heavy atom. The number of hydrogen-bond acceptors (Lipinski definition) is 4. The Labute approximate surface area is 136 Å². The number of nitrogens with two attached hydrogens (primary N) is 1. The predicted molar refractivity (Wildman–Crippen MR) is 88.4 cm³/mol. The van der Waals surface area contributed by atoms with E-state index < -0.39 is 5.41 Å². The van der Waals surface area contributed by atoms with E-state index >= 15 is 0 Å². The van der Waals surface area contributed by atoms with Gasteiger partial charge in [-0.15, -0.1) is 13.2 Å². The van der Waals surface area contributed by atoms with Crippen molar-refractivity contribution in [3.8, 4) is 11.5 Å². The normalized spacial score (nSPS) is 24.1. The Morgan fingerprint density at radius 2 is 2.00 bits per heavy atom. The van der Waals surface area contributed by atoms with Gasteiger partial charge in [0.15, 0.2) is 11.5 Å². The molecule has 0 unspecified atom stereocenters. The monoisotopic (exact) mass is 314 g/mol. The molecule has 1 amide bonds. The average Bonchev–Trinajstić information content (AvgIpc) is 3.13. The summed E-state index contributed by atoms with van der Waals surface area (Å²) in [6.07, 6.45) is 4.22. The lowest BCUT2D eigenvalue weighted by Gasteiger charge is -2.27. The lowest BCUT2D eigenvalue weighted by Crippen LogP contribution is -2.41. The molecule has 0 radical (unpaired) electrons. The van der Waals surface area contributed by atoms with E-state index in [4.69, 9.17) is 15.2 Å². The molecule has 1 heterocycles. The SMILES string of the molecule is C=CCN(CC=C)C(=O)[C@@]1(c2ccc3c(c2)OCO3)C[C@H]1CN. The van der Waals surface area contributed by atoms with Crippen LogP contribution in [0.5, 0.6) is 11.5 Å². The average molecular weight is 314 g/mol. The van der Waals surface area contributed by atoms with Crippen molar-refractivity contribution in [1.82, 2.24) is 4.90 Å². The fourth-order valence-electron chi connectivity index (χ4n) is 3.36. The molecule has 0 saturated heterocycles. The highest BCUT2D eigenvalue weighted by molar-refractivity contribution is 5.92. The van der Waals surface area contributed by atoms with Gasteiger partial charge in [-0.1, -0.05) is 18.2 Å². The number of carbonyl (C=O) groups is 1. The van der Waals surface area contributed by atoms with Crippen LogP contribution in [0.15, 0.2) is 43.5 Å². The van der Waals surface area contributed by atoms with E-state index in [1.807, 2.05) is 18.2 Å². The van der Waals surface area contributed by atoms with Gasteiger partial charge in [0.1, 0.15) is 0 Å². The second kappa shape index (κ2) is 6.08. The van der Waals surface area contributed by atoms with Crippen LogP contribution in [-0.4, -0.2) is 37.2 Å². The maximum atomic E-state index is 13.2. The van der Waals surface area contributed by atoms with E-state index in [1.165, 1.54) is 0 Å². The van der Waals surface area contributed by atoms with Crippen molar-refractivity contribution < 1.29 is 14.3 Å². The molecule has 0 spiro atoms. The number of fused-ring (bicyclic) bond motifs is 1. The summed E-state index contributed by atoms with van der Waals surface area (Å²) in [5.74, 6) is 1.63. The number of hydrogen-bond donors (Lipinski definition) is 1. The topological polar surface area (TPSA) is 64.8 Å². The summed E-state index contributed by atoms with van der Waals surface area (Å²) in [5, 5.41) is 0. The van der Waals surface area contributed by atoms with Crippen LogP contribution in [0.4, 0.5) is 0 Å². The van der Waals surface area contributed by atoms with Gasteiger partial charge >= 0.3 is 0 Å². The number of carbonyl (C=O) groups excluding carboxylic acids is 1. The standard InChI is InChI=1S/C18H22N2O3/c1-3-7-20(8-4-2)17(21)18(10-14(18)11-19)13-5-6-15-16(9-13)23-12-22-15/h3-6,9,14H,1-2,7-8,10-12,19H2/t14-,18+/m0/s1. The summed E-state index contributed by atoms with van der Waals surface area (Å²) in [6.45, 7) is 9.17. The van der Waals surface area contributed by atoms with Gasteiger partial charge < -0.3 is 20.1 Å². The maximum Gasteiger partial charge on any atom is 0.234 e. The van der Waals surface area contributed by atoms with Gasteiger partial charge in [0, 0.05) is 13.1 Å². The number of benzene rings is 1. The second-order valence-corrected chi connectivity index (χ2v) is 5.96. The van der Waals surface area contributed by atoms with Crippen molar-refractivity contribution in [3.63, 3.8) is 0 Å². The molecule has 1 aliphatic heterocycles. The van der Waals surface area contributed by atoms with Crippen LogP contribution >= 0.6 is 0 Å². The van der Waals surface area contributed by atoms with E-state index in [9.17, 15) is 4.79 Å². The predicted octanol–water partition coefficient (Wildman–Crippen LogP) is 1.83. The highest BCUT2D eigenvalue weighted by atomic mass is 16.7. The van der Waals surface area contributed by atoms with Crippen LogP contribution in [-0.2, 0) is 10.2 Å². The van der Waals surface area contributed by atoms with Gasteiger partial charge in [-0.05, 0) is 36.6 Å². The molecule has 3 rings (SSSR count). The Morgan fingerprint density at radius 3 is 2.61 bits per heavy atom. The number of rotatable bonds is 7. The van der Waals surface area contributed by atoms with Crippen LogP contribution < -0.4 is 15.2 Å². The van der Waals surface area contributed by atoms with E-state index in [0.29, 0.717) is 25.4 Å². The van der Waals surface area contributed by atoms with Gasteiger partial charge in [0.05, 0.1) is 5.41 Å². The zero-order chi connectivity index (χ0) is 16.4. The third kappa shape index (κ3) is 2.51. The van der Waals surface area contributed by atoms with Crippen LogP contribution in [0.1, 0.15) is 12.0 Å². The first-order chi connectivity index (χ1) is 11.2. The molecule has 2 atom stereocenters. The molecule has 1 aromatic rings. The summed E-state index contributed by atoms with van der Waals surface area (Å²) < 4.78 is 10.8. The first kappa shape index (κ1) is 15.6. The molecule has 2 N–H and O–H groups in total. The largest absolute Gasteiger partial charge is 0.454 e. The van der Waals surface area contributed by atoms with Gasteiger partial charge in [-0.25, -0.2) is 0 Å². The lowest BCUT2D eigenvalue weighted by atomic mass is 9.91. The molecule has 1 saturated carbocycles. The van der Waals surface area contributed by atoms with Crippen molar-refractivity contribution in [3.05, 3.63) is 49.1 Å². The van der Waals surface area contributed by atoms with Crippen molar-refractivity contribution >= 4 is 5.91 Å². The van der Waals surface area contributed by atoms with Crippen molar-refractivity contribution in [2.24, 2.45) is 11.7 Å². The summed E-state index contributed by atoms with van der Waals surface area (Å²) in [5.41, 5.74) is 6.26. The smallest absolute Gasteiger partial charge is 0.234 e. The minimum atomic E-state index is -0.568. The molecule has 5 nitrogen and oxygen atoms in total. The number of amides is 1. The van der Waals surface area contributed by atoms with Crippen molar-refractivity contribution in [2.45, 2.75) is 11.8 Å². The molecular weight excluding hydrogens is 292 g/mol. The molecule has 1 fully saturated rings. The highest BCUT2D eigenvalue weighted by Gasteiger charge is 2.61. The summed E-state index contributed by atoms with van der Waals surface area (Å²) in [7, 11) is 0. The zero-order valence-electron chi connectivity index (χ0n) is 13.2. The number of ether oxygens (including phenoxy) is 2. The molecule has 122 valence electrons. The molecular formula is C18H22N2O3. The first-order valence-corrected chi connectivity index (χ1v) is 7.78. The van der Waals surface area contributed by atoms with Crippen LogP contribution in [0.3, 0.4) is 0 Å². The quantitative estimate of drug-likeness (QED) is 0.780. The molecule has 0 aromatic heterocycles. The Hall–Kier alpha value is -2.27. The van der Waals surface area contributed by atoms with Crippen molar-refractivity contribution in [1.29, 1.82) is 0 Å². The first-order valence-electron chi connectivity index (χ1n) is 7.78. The minimum absolute atomic E-state index is 0.0756. The molecule has 2 aliphatic rings. The van der Waals surface area contributed by atoms with Gasteiger partial charge in [0.25, 0.3) is 0 Å². The molecule has 1 aromatic carbocycles. The van der Waals surface area contributed by atoms with Crippen LogP contribution in [0.2, 0.25) is 0 Å². The summed E-state index contributed by atoms with van der Waals surface area (Å²) in [6, 6.07) is 5.72. The van der Waals surface area contributed by atoms with E-state index in [0.717, 1.165) is 17.7 Å². The third-order valence-electron chi connectivity index (χ3n) is 4.65. The van der Waals surface area contributed by atoms with Crippen LogP contribution in [0.25, 0.3) is 0 Å². The molecule has 0 bridgehead atoms. The minimum Gasteiger partial charge on any atom is -0.454 e. The second-order valence-electron chi connectivity index (χ2n) is 5.96. The van der Waals surface area contributed by atoms with Crippen LogP contribution in [0, 0.1) is 5.92 Å². The molecule has 5 heteroatoms. The number of nitrogens with zero attached hydrogens (tertiary/aromatic N) is 1. The Balaban J connectivity index is 1.95. The van der Waals surface area contributed by atoms with Gasteiger partial charge in [-0.2, -0.15) is 0 Å². The molecule has 1 aliphatic carbocycles. The fourth-order valence-corrected chi connectivity index (χ4v) is 3.36. The van der Waals surface area contributed by atoms with E-state index in [-0.39, 0.29) is 18.6 Å². The third-order valence-corrected chi connectivity index (χ3v) is 4.65. The lowest BCUT2D eigenvalue weighted by molar-refractivity contribution is -0.133. The van der Waals surface area contributed by atoms with E-state index in [2.05, 4.69) is 13.2 Å². The maximum absolute atomic E-state index is 13.2. The van der Waals surface area contributed by atoms with Crippen molar-refractivity contribution in [2.75, 3.05) is 26.4 Å². The zero-order valence-corrected chi connectivity index (χ0v) is 13.2. The fraction of sp³-hybridized carbons (Fsp3) is 0.389. The van der Waals surface area contributed by atoms with Gasteiger partial charge in [-0.3, -0.25) is 4.79 Å².